The van der Waals surface area contributed by atoms with Crippen LogP contribution in [0.2, 0.25) is 0 Å². The van der Waals surface area contributed by atoms with Gasteiger partial charge in [-0.15, -0.1) is 10.2 Å². The van der Waals surface area contributed by atoms with Gasteiger partial charge >= 0.3 is 0 Å². The zero-order chi connectivity index (χ0) is 20.9. The molecule has 8 heteroatoms. The molecule has 1 aliphatic carbocycles. The van der Waals surface area contributed by atoms with Crippen molar-refractivity contribution in [3.05, 3.63) is 30.1 Å². The van der Waals surface area contributed by atoms with Gasteiger partial charge in [-0.1, -0.05) is 57.0 Å². The number of benzene rings is 1. The van der Waals surface area contributed by atoms with Crippen molar-refractivity contribution in [1.82, 2.24) is 20.1 Å². The van der Waals surface area contributed by atoms with Crippen LogP contribution < -0.4 is 5.32 Å². The molecule has 154 valence electrons. The number of thioether (sulfide) groups is 1. The maximum Gasteiger partial charge on any atom is 0.231 e. The molecule has 1 heterocycles. The second kappa shape index (κ2) is 9.40. The van der Waals surface area contributed by atoms with Crippen molar-refractivity contribution in [2.45, 2.75) is 63.2 Å². The number of nitriles is 1. The van der Waals surface area contributed by atoms with Crippen LogP contribution in [0, 0.1) is 23.1 Å². The Labute approximate surface area is 174 Å². The SMILES string of the molecule is CC(C)Cn1c(SCC(=O)NC2(C#N)CCCCC2)nnc1-c1ccccc1F. The molecular formula is C21H26FN5OS. The van der Waals surface area contributed by atoms with Gasteiger partial charge in [0.25, 0.3) is 0 Å². The Hall–Kier alpha value is -2.40. The molecule has 0 saturated heterocycles. The number of hydrogen-bond acceptors (Lipinski definition) is 5. The van der Waals surface area contributed by atoms with Crippen molar-refractivity contribution in [2.24, 2.45) is 5.92 Å². The Balaban J connectivity index is 1.74. The van der Waals surface area contributed by atoms with Crippen molar-refractivity contribution in [2.75, 3.05) is 5.75 Å². The first-order chi connectivity index (χ1) is 13.9. The normalized spacial score (nSPS) is 15.8. The average Bonchev–Trinajstić information content (AvgIpc) is 3.09. The van der Waals surface area contributed by atoms with Crippen LogP contribution in [0.3, 0.4) is 0 Å². The molecule has 29 heavy (non-hydrogen) atoms. The lowest BCUT2D eigenvalue weighted by molar-refractivity contribution is -0.120. The number of aromatic nitrogens is 3. The second-order valence-corrected chi connectivity index (χ2v) is 8.82. The van der Waals surface area contributed by atoms with Crippen LogP contribution in [0.4, 0.5) is 4.39 Å². The van der Waals surface area contributed by atoms with E-state index in [-0.39, 0.29) is 17.5 Å². The fourth-order valence-corrected chi connectivity index (χ4v) is 4.37. The van der Waals surface area contributed by atoms with Crippen LogP contribution in [-0.4, -0.2) is 32.0 Å². The first-order valence-electron chi connectivity index (χ1n) is 9.97. The van der Waals surface area contributed by atoms with E-state index in [9.17, 15) is 14.4 Å². The van der Waals surface area contributed by atoms with E-state index in [1.165, 1.54) is 17.8 Å². The maximum absolute atomic E-state index is 14.3. The Morgan fingerprint density at radius 1 is 1.31 bits per heavy atom. The lowest BCUT2D eigenvalue weighted by atomic mass is 9.83. The molecule has 1 saturated carbocycles. The Morgan fingerprint density at radius 2 is 2.03 bits per heavy atom. The van der Waals surface area contributed by atoms with Crippen LogP contribution in [0.25, 0.3) is 11.4 Å². The summed E-state index contributed by atoms with van der Waals surface area (Å²) in [7, 11) is 0. The molecule has 2 aromatic rings. The molecule has 1 aliphatic rings. The molecule has 6 nitrogen and oxygen atoms in total. The monoisotopic (exact) mass is 415 g/mol. The summed E-state index contributed by atoms with van der Waals surface area (Å²) in [5, 5.41) is 21.4. The number of halogens is 1. The summed E-state index contributed by atoms with van der Waals surface area (Å²) < 4.78 is 16.1. The molecule has 1 N–H and O–H groups in total. The van der Waals surface area contributed by atoms with Crippen molar-refractivity contribution in [3.63, 3.8) is 0 Å². The highest BCUT2D eigenvalue weighted by Gasteiger charge is 2.33. The molecule has 1 fully saturated rings. The smallest absolute Gasteiger partial charge is 0.231 e. The van der Waals surface area contributed by atoms with Gasteiger partial charge in [-0.2, -0.15) is 5.26 Å². The maximum atomic E-state index is 14.3. The minimum Gasteiger partial charge on any atom is -0.337 e. The van der Waals surface area contributed by atoms with Gasteiger partial charge in [0.2, 0.25) is 5.91 Å². The van der Waals surface area contributed by atoms with E-state index in [0.717, 1.165) is 19.3 Å². The van der Waals surface area contributed by atoms with E-state index < -0.39 is 5.54 Å². The third-order valence-corrected chi connectivity index (χ3v) is 5.98. The summed E-state index contributed by atoms with van der Waals surface area (Å²) in [6.45, 7) is 4.74. The van der Waals surface area contributed by atoms with Crippen molar-refractivity contribution in [1.29, 1.82) is 5.26 Å². The van der Waals surface area contributed by atoms with Gasteiger partial charge in [0, 0.05) is 6.54 Å². The van der Waals surface area contributed by atoms with Crippen molar-refractivity contribution < 1.29 is 9.18 Å². The molecule has 0 atom stereocenters. The summed E-state index contributed by atoms with van der Waals surface area (Å²) in [4.78, 5) is 12.5. The predicted octanol–water partition coefficient (Wildman–Crippen LogP) is 4.17. The van der Waals surface area contributed by atoms with Crippen molar-refractivity contribution >= 4 is 17.7 Å². The number of nitrogens with one attached hydrogen (secondary N) is 1. The first-order valence-corrected chi connectivity index (χ1v) is 11.0. The standard InChI is InChI=1S/C21H26FN5OS/c1-15(2)12-27-19(16-8-4-5-9-17(16)22)25-26-20(27)29-13-18(28)24-21(14-23)10-6-3-7-11-21/h4-5,8-9,15H,3,6-7,10-13H2,1-2H3,(H,24,28). The molecule has 0 unspecified atom stereocenters. The van der Waals surface area contributed by atoms with E-state index in [4.69, 9.17) is 0 Å². The molecule has 1 amide bonds. The number of carbonyl (C=O) groups excluding carboxylic acids is 1. The molecule has 0 spiro atoms. The fraction of sp³-hybridized carbons (Fsp3) is 0.524. The molecular weight excluding hydrogens is 389 g/mol. The third kappa shape index (κ3) is 5.15. The number of carbonyl (C=O) groups is 1. The highest BCUT2D eigenvalue weighted by atomic mass is 32.2. The minimum absolute atomic E-state index is 0.136. The lowest BCUT2D eigenvalue weighted by Crippen LogP contribution is -2.49. The summed E-state index contributed by atoms with van der Waals surface area (Å²) in [5.74, 6) is 0.350. The average molecular weight is 416 g/mol. The summed E-state index contributed by atoms with van der Waals surface area (Å²) in [5.41, 5.74) is -0.359. The van der Waals surface area contributed by atoms with Gasteiger partial charge in [0.05, 0.1) is 17.4 Å². The quantitative estimate of drug-likeness (QED) is 0.686. The third-order valence-electron chi connectivity index (χ3n) is 5.01. The van der Waals surface area contributed by atoms with Gasteiger partial charge in [0.15, 0.2) is 11.0 Å². The van der Waals surface area contributed by atoms with Crippen LogP contribution in [-0.2, 0) is 11.3 Å². The number of rotatable bonds is 7. The predicted molar refractivity (Wildman–Crippen MR) is 111 cm³/mol. The zero-order valence-electron chi connectivity index (χ0n) is 16.8. The highest BCUT2D eigenvalue weighted by Crippen LogP contribution is 2.29. The summed E-state index contributed by atoms with van der Waals surface area (Å²) in [6, 6.07) is 8.78. The lowest BCUT2D eigenvalue weighted by Gasteiger charge is -2.31. The number of amides is 1. The van der Waals surface area contributed by atoms with Crippen LogP contribution in [0.15, 0.2) is 29.4 Å². The second-order valence-electron chi connectivity index (χ2n) is 7.88. The van der Waals surface area contributed by atoms with Gasteiger partial charge < -0.3 is 9.88 Å². The first kappa shape index (κ1) is 21.3. The number of hydrogen-bond donors (Lipinski definition) is 1. The molecule has 1 aromatic heterocycles. The largest absolute Gasteiger partial charge is 0.337 e. The molecule has 0 aliphatic heterocycles. The Morgan fingerprint density at radius 3 is 2.69 bits per heavy atom. The molecule has 1 aromatic carbocycles. The van der Waals surface area contributed by atoms with E-state index in [0.29, 0.717) is 41.8 Å². The molecule has 0 radical (unpaired) electrons. The van der Waals surface area contributed by atoms with Crippen LogP contribution in [0.1, 0.15) is 46.0 Å². The molecule has 0 bridgehead atoms. The fourth-order valence-electron chi connectivity index (χ4n) is 3.62. The Bertz CT molecular complexity index is 899. The van der Waals surface area contributed by atoms with E-state index in [1.54, 1.807) is 18.2 Å². The van der Waals surface area contributed by atoms with Gasteiger partial charge in [0.1, 0.15) is 11.4 Å². The topological polar surface area (TPSA) is 83.6 Å². The highest BCUT2D eigenvalue weighted by molar-refractivity contribution is 7.99. The zero-order valence-corrected chi connectivity index (χ0v) is 17.6. The number of nitrogens with zero attached hydrogens (tertiary/aromatic N) is 4. The van der Waals surface area contributed by atoms with E-state index in [2.05, 4.69) is 35.4 Å². The van der Waals surface area contributed by atoms with Crippen LogP contribution >= 0.6 is 11.8 Å². The minimum atomic E-state index is -0.750. The van der Waals surface area contributed by atoms with Crippen LogP contribution in [0.5, 0.6) is 0 Å². The Kier molecular flexibility index (Phi) is 6.91. The summed E-state index contributed by atoms with van der Waals surface area (Å²) in [6.07, 6.45) is 4.40. The van der Waals surface area contributed by atoms with Gasteiger partial charge in [-0.05, 0) is 30.9 Å². The molecule has 3 rings (SSSR count). The van der Waals surface area contributed by atoms with Gasteiger partial charge in [-0.25, -0.2) is 4.39 Å². The van der Waals surface area contributed by atoms with Gasteiger partial charge in [-0.3, -0.25) is 4.79 Å². The van der Waals surface area contributed by atoms with E-state index >= 15 is 0 Å². The summed E-state index contributed by atoms with van der Waals surface area (Å²) >= 11 is 1.26. The van der Waals surface area contributed by atoms with E-state index in [1.807, 2.05) is 4.57 Å². The van der Waals surface area contributed by atoms with Crippen molar-refractivity contribution in [3.8, 4) is 17.5 Å².